The van der Waals surface area contributed by atoms with E-state index in [-0.39, 0.29) is 18.8 Å². The van der Waals surface area contributed by atoms with Crippen LogP contribution in [-0.2, 0) is 4.79 Å². The lowest BCUT2D eigenvalue weighted by Crippen LogP contribution is -2.42. The lowest BCUT2D eigenvalue weighted by atomic mass is 9.71. The van der Waals surface area contributed by atoms with E-state index in [1.165, 1.54) is 0 Å². The number of benzene rings is 2. The number of aliphatic hydroxyl groups excluding tert-OH is 1. The number of ether oxygens (including phenoxy) is 2. The molecule has 1 aromatic heterocycles. The number of carbonyl (C=O) groups is 1. The molecule has 0 radical (unpaired) electrons. The highest BCUT2D eigenvalue weighted by atomic mass is 19.2. The molecule has 8 nitrogen and oxygen atoms in total. The highest BCUT2D eigenvalue weighted by Gasteiger charge is 2.37. The van der Waals surface area contributed by atoms with Crippen LogP contribution in [0.25, 0.3) is 10.9 Å². The van der Waals surface area contributed by atoms with Gasteiger partial charge in [0, 0.05) is 43.7 Å². The van der Waals surface area contributed by atoms with E-state index in [0.717, 1.165) is 34.3 Å². The monoisotopic (exact) mass is 575 g/mol. The van der Waals surface area contributed by atoms with Gasteiger partial charge in [-0.3, -0.25) is 14.7 Å². The zero-order valence-corrected chi connectivity index (χ0v) is 23.5. The van der Waals surface area contributed by atoms with Crippen LogP contribution in [0.3, 0.4) is 0 Å². The summed E-state index contributed by atoms with van der Waals surface area (Å²) < 4.78 is 50.9. The number of rotatable bonds is 12. The van der Waals surface area contributed by atoms with Crippen molar-refractivity contribution >= 4 is 22.6 Å². The highest BCUT2D eigenvalue weighted by molar-refractivity contribution is 5.88. The SMILES string of the molecule is COc1ccc2ncc(N(C)C)c(C(O)CCC3(CC(=O)O)CCN(CCOc4cc(F)c(F)c(F)c4)CC3)c2c1. The van der Waals surface area contributed by atoms with Crippen LogP contribution in [0.4, 0.5) is 18.9 Å². The molecule has 41 heavy (non-hydrogen) atoms. The van der Waals surface area contributed by atoms with Crippen molar-refractivity contribution in [2.75, 3.05) is 52.3 Å². The molecule has 1 unspecified atom stereocenters. The molecule has 3 aromatic rings. The van der Waals surface area contributed by atoms with Crippen molar-refractivity contribution in [2.24, 2.45) is 5.41 Å². The number of fused-ring (bicyclic) bond motifs is 1. The van der Waals surface area contributed by atoms with Gasteiger partial charge in [-0.1, -0.05) is 0 Å². The Balaban J connectivity index is 1.42. The third-order valence-corrected chi connectivity index (χ3v) is 7.94. The van der Waals surface area contributed by atoms with Crippen molar-refractivity contribution in [1.29, 1.82) is 0 Å². The minimum atomic E-state index is -1.54. The van der Waals surface area contributed by atoms with Gasteiger partial charge in [0.05, 0.1) is 37.0 Å². The fraction of sp³-hybridized carbons (Fsp3) is 0.467. The summed E-state index contributed by atoms with van der Waals surface area (Å²) in [4.78, 5) is 20.4. The molecule has 1 fully saturated rings. The number of halogens is 3. The van der Waals surface area contributed by atoms with E-state index >= 15 is 0 Å². The molecule has 11 heteroatoms. The fourth-order valence-corrected chi connectivity index (χ4v) is 5.60. The molecule has 0 spiro atoms. The van der Waals surface area contributed by atoms with E-state index < -0.39 is 34.9 Å². The second kappa shape index (κ2) is 12.9. The Kier molecular flexibility index (Phi) is 9.60. The van der Waals surface area contributed by atoms with Gasteiger partial charge in [-0.2, -0.15) is 0 Å². The van der Waals surface area contributed by atoms with Crippen LogP contribution in [0, 0.1) is 22.9 Å². The molecule has 1 aliphatic rings. The van der Waals surface area contributed by atoms with Gasteiger partial charge in [0.25, 0.3) is 0 Å². The molecule has 0 aliphatic carbocycles. The number of hydrogen-bond acceptors (Lipinski definition) is 7. The molecule has 0 amide bonds. The Morgan fingerprint density at radius 3 is 2.41 bits per heavy atom. The first kappa shape index (κ1) is 30.4. The summed E-state index contributed by atoms with van der Waals surface area (Å²) in [6.07, 6.45) is 2.97. The van der Waals surface area contributed by atoms with E-state index in [1.54, 1.807) is 13.3 Å². The number of carboxylic acids is 1. The van der Waals surface area contributed by atoms with Gasteiger partial charge >= 0.3 is 5.97 Å². The summed E-state index contributed by atoms with van der Waals surface area (Å²) in [5.41, 5.74) is 1.74. The van der Waals surface area contributed by atoms with Crippen molar-refractivity contribution in [1.82, 2.24) is 9.88 Å². The Morgan fingerprint density at radius 1 is 1.12 bits per heavy atom. The number of hydrogen-bond donors (Lipinski definition) is 2. The van der Waals surface area contributed by atoms with E-state index in [2.05, 4.69) is 9.88 Å². The van der Waals surface area contributed by atoms with Gasteiger partial charge in [-0.15, -0.1) is 0 Å². The number of carboxylic acid groups (broad SMARTS) is 1. The third kappa shape index (κ3) is 7.20. The van der Waals surface area contributed by atoms with Crippen LogP contribution in [-0.4, -0.2) is 73.5 Å². The number of likely N-dealkylation sites (tertiary alicyclic amines) is 1. The topological polar surface area (TPSA) is 95.4 Å². The molecule has 2 N–H and O–H groups in total. The molecule has 0 bridgehead atoms. The van der Waals surface area contributed by atoms with Gasteiger partial charge in [0.2, 0.25) is 0 Å². The first-order valence-corrected chi connectivity index (χ1v) is 13.6. The molecule has 4 rings (SSSR count). The molecule has 2 aromatic carbocycles. The number of methoxy groups -OCH3 is 1. The molecule has 1 saturated heterocycles. The second-order valence-corrected chi connectivity index (χ2v) is 10.9. The number of pyridine rings is 1. The van der Waals surface area contributed by atoms with E-state index in [1.807, 2.05) is 37.2 Å². The standard InChI is InChI=1S/C30H36F3N3O5/c1-35(2)25-18-34-24-5-4-19(40-3)14-21(24)28(25)26(37)6-7-30(17-27(38)39)8-10-36(11-9-30)12-13-41-20-15-22(31)29(33)23(32)16-20/h4-5,14-16,18,26,37H,6-13,17H2,1-3H3,(H,38,39). The third-order valence-electron chi connectivity index (χ3n) is 7.94. The maximum absolute atomic E-state index is 13.4. The summed E-state index contributed by atoms with van der Waals surface area (Å²) in [5, 5.41) is 22.0. The first-order chi connectivity index (χ1) is 19.5. The van der Waals surface area contributed by atoms with Crippen LogP contribution < -0.4 is 14.4 Å². The fourth-order valence-electron chi connectivity index (χ4n) is 5.60. The zero-order valence-electron chi connectivity index (χ0n) is 23.5. The number of nitrogens with zero attached hydrogens (tertiary/aromatic N) is 3. The van der Waals surface area contributed by atoms with Crippen molar-refractivity contribution in [2.45, 2.75) is 38.2 Å². The van der Waals surface area contributed by atoms with Crippen molar-refractivity contribution in [3.05, 3.63) is 59.5 Å². The average Bonchev–Trinajstić information content (AvgIpc) is 2.94. The van der Waals surface area contributed by atoms with E-state index in [0.29, 0.717) is 51.1 Å². The maximum Gasteiger partial charge on any atom is 0.303 e. The Bertz CT molecular complexity index is 1360. The van der Waals surface area contributed by atoms with Crippen molar-refractivity contribution in [3.63, 3.8) is 0 Å². The van der Waals surface area contributed by atoms with Crippen LogP contribution in [0.5, 0.6) is 11.5 Å². The smallest absolute Gasteiger partial charge is 0.303 e. The van der Waals surface area contributed by atoms with Crippen molar-refractivity contribution in [3.8, 4) is 11.5 Å². The Hall–Kier alpha value is -3.57. The number of aliphatic carboxylic acids is 1. The molecular weight excluding hydrogens is 539 g/mol. The zero-order chi connectivity index (χ0) is 29.7. The molecule has 0 saturated carbocycles. The van der Waals surface area contributed by atoms with Crippen LogP contribution in [0.1, 0.15) is 43.8 Å². The van der Waals surface area contributed by atoms with Gasteiger partial charge in [-0.05, 0) is 62.4 Å². The number of aromatic nitrogens is 1. The molecule has 2 heterocycles. The molecule has 1 atom stereocenters. The Morgan fingerprint density at radius 2 is 1.80 bits per heavy atom. The van der Waals surface area contributed by atoms with E-state index in [9.17, 15) is 28.2 Å². The summed E-state index contributed by atoms with van der Waals surface area (Å²) in [6.45, 7) is 1.82. The van der Waals surface area contributed by atoms with Gasteiger partial charge in [0.1, 0.15) is 18.1 Å². The molecule has 1 aliphatic heterocycles. The summed E-state index contributed by atoms with van der Waals surface area (Å²) in [5.74, 6) is -4.48. The van der Waals surface area contributed by atoms with E-state index in [4.69, 9.17) is 9.47 Å². The molecule has 222 valence electrons. The molecular formula is C30H36F3N3O5. The Labute approximate surface area is 237 Å². The lowest BCUT2D eigenvalue weighted by molar-refractivity contribution is -0.141. The normalized spacial score (nSPS) is 16.0. The predicted octanol–water partition coefficient (Wildman–Crippen LogP) is 5.18. The summed E-state index contributed by atoms with van der Waals surface area (Å²) >= 11 is 0. The van der Waals surface area contributed by atoms with Crippen molar-refractivity contribution < 1.29 is 37.7 Å². The summed E-state index contributed by atoms with van der Waals surface area (Å²) in [7, 11) is 5.35. The predicted molar refractivity (Wildman–Crippen MR) is 149 cm³/mol. The minimum absolute atomic E-state index is 0.0103. The lowest BCUT2D eigenvalue weighted by Gasteiger charge is -2.41. The number of piperidine rings is 1. The van der Waals surface area contributed by atoms with Gasteiger partial charge < -0.3 is 24.6 Å². The number of anilines is 1. The largest absolute Gasteiger partial charge is 0.497 e. The van der Waals surface area contributed by atoms with Crippen LogP contribution >= 0.6 is 0 Å². The summed E-state index contributed by atoms with van der Waals surface area (Å²) in [6, 6.07) is 7.13. The van der Waals surface area contributed by atoms with Gasteiger partial charge in [0.15, 0.2) is 17.5 Å². The first-order valence-electron chi connectivity index (χ1n) is 13.6. The van der Waals surface area contributed by atoms with Crippen LogP contribution in [0.2, 0.25) is 0 Å². The second-order valence-electron chi connectivity index (χ2n) is 10.9. The van der Waals surface area contributed by atoms with Crippen LogP contribution in [0.15, 0.2) is 36.5 Å². The number of aliphatic hydroxyl groups is 1. The quantitative estimate of drug-likeness (QED) is 0.286. The minimum Gasteiger partial charge on any atom is -0.497 e. The van der Waals surface area contributed by atoms with Gasteiger partial charge in [-0.25, -0.2) is 13.2 Å². The maximum atomic E-state index is 13.4. The highest BCUT2D eigenvalue weighted by Crippen LogP contribution is 2.43. The average molecular weight is 576 g/mol.